The highest BCUT2D eigenvalue weighted by Gasteiger charge is 2.18. The zero-order valence-corrected chi connectivity index (χ0v) is 9.32. The molecule has 2 rings (SSSR count). The van der Waals surface area contributed by atoms with Gasteiger partial charge in [-0.05, 0) is 18.2 Å². The van der Waals surface area contributed by atoms with Crippen molar-refractivity contribution in [1.82, 2.24) is 4.98 Å². The van der Waals surface area contributed by atoms with Crippen LogP contribution < -0.4 is 0 Å². The van der Waals surface area contributed by atoms with E-state index in [0.29, 0.717) is 0 Å². The topological polar surface area (TPSA) is 125 Å². The number of aromatic carboxylic acids is 3. The third-order valence-corrected chi connectivity index (χ3v) is 2.55. The molecule has 1 heterocycles. The number of rotatable bonds is 3. The quantitative estimate of drug-likeness (QED) is 0.760. The van der Waals surface area contributed by atoms with E-state index in [4.69, 9.17) is 15.3 Å². The second-order valence-corrected chi connectivity index (χ2v) is 3.69. The Balaban J connectivity index is 2.95. The summed E-state index contributed by atoms with van der Waals surface area (Å²) >= 11 is 0. The lowest BCUT2D eigenvalue weighted by atomic mass is 10.0. The number of fused-ring (bicyclic) bond motifs is 1. The Labute approximate surface area is 105 Å². The maximum Gasteiger partial charge on any atom is 0.337 e. The smallest absolute Gasteiger partial charge is 0.337 e. The Morgan fingerprint density at radius 2 is 1.53 bits per heavy atom. The van der Waals surface area contributed by atoms with Crippen LogP contribution in [0.4, 0.5) is 0 Å². The lowest BCUT2D eigenvalue weighted by molar-refractivity contribution is 0.0681. The zero-order chi connectivity index (χ0) is 14.2. The molecule has 1 aromatic heterocycles. The van der Waals surface area contributed by atoms with Crippen molar-refractivity contribution in [3.05, 3.63) is 41.1 Å². The first-order valence-electron chi connectivity index (χ1n) is 5.04. The van der Waals surface area contributed by atoms with Gasteiger partial charge in [-0.2, -0.15) is 0 Å². The second-order valence-electron chi connectivity index (χ2n) is 3.69. The molecule has 0 saturated carbocycles. The number of hydrogen-bond donors (Lipinski definition) is 3. The summed E-state index contributed by atoms with van der Waals surface area (Å²) < 4.78 is 0. The van der Waals surface area contributed by atoms with Crippen LogP contribution in [0.15, 0.2) is 24.4 Å². The van der Waals surface area contributed by atoms with E-state index in [9.17, 15) is 14.4 Å². The molecule has 0 saturated heterocycles. The molecular formula is C12H7NO6. The molecule has 0 bridgehead atoms. The predicted octanol–water partition coefficient (Wildman–Crippen LogP) is 1.33. The Morgan fingerprint density at radius 1 is 0.895 bits per heavy atom. The van der Waals surface area contributed by atoms with Gasteiger partial charge in [-0.15, -0.1) is 0 Å². The van der Waals surface area contributed by atoms with Crippen molar-refractivity contribution in [1.29, 1.82) is 0 Å². The number of pyridine rings is 1. The van der Waals surface area contributed by atoms with Gasteiger partial charge in [-0.25, -0.2) is 14.4 Å². The molecule has 3 N–H and O–H groups in total. The molecule has 0 spiro atoms. The molecule has 96 valence electrons. The molecule has 7 heteroatoms. The Hall–Kier alpha value is -2.96. The number of nitrogens with zero attached hydrogens (tertiary/aromatic N) is 1. The Bertz CT molecular complexity index is 721. The average molecular weight is 261 g/mol. The minimum absolute atomic E-state index is 0.0210. The highest BCUT2D eigenvalue weighted by atomic mass is 16.4. The summed E-state index contributed by atoms with van der Waals surface area (Å²) in [5.41, 5.74) is -0.911. The molecule has 0 unspecified atom stereocenters. The van der Waals surface area contributed by atoms with Gasteiger partial charge in [0.05, 0.1) is 22.2 Å². The monoisotopic (exact) mass is 261 g/mol. The number of hydrogen-bond acceptors (Lipinski definition) is 4. The van der Waals surface area contributed by atoms with Crippen LogP contribution in [0.3, 0.4) is 0 Å². The van der Waals surface area contributed by atoms with E-state index in [-0.39, 0.29) is 27.6 Å². The lowest BCUT2D eigenvalue weighted by Crippen LogP contribution is -2.07. The standard InChI is InChI=1S/C12H7NO6/c14-10(15)5-3-7-6(11(16)17)1-2-13-9(7)8(4-5)12(18)19/h1-4H,(H,14,15)(H,16,17)(H,18,19). The highest BCUT2D eigenvalue weighted by molar-refractivity contribution is 6.11. The maximum absolute atomic E-state index is 11.1. The van der Waals surface area contributed by atoms with E-state index in [1.165, 1.54) is 12.3 Å². The van der Waals surface area contributed by atoms with Gasteiger partial charge in [-0.3, -0.25) is 4.98 Å². The van der Waals surface area contributed by atoms with Crippen LogP contribution in [0.25, 0.3) is 10.9 Å². The Morgan fingerprint density at radius 3 is 2.05 bits per heavy atom. The van der Waals surface area contributed by atoms with Gasteiger partial charge in [-0.1, -0.05) is 0 Å². The normalized spacial score (nSPS) is 10.3. The summed E-state index contributed by atoms with van der Waals surface area (Å²) in [6.45, 7) is 0. The number of aromatic nitrogens is 1. The van der Waals surface area contributed by atoms with Crippen LogP contribution in [-0.2, 0) is 0 Å². The van der Waals surface area contributed by atoms with Gasteiger partial charge in [0.15, 0.2) is 0 Å². The third kappa shape index (κ3) is 2.08. The number of carboxylic acid groups (broad SMARTS) is 3. The summed E-state index contributed by atoms with van der Waals surface area (Å²) in [5.74, 6) is -4.00. The van der Waals surface area contributed by atoms with E-state index < -0.39 is 17.9 Å². The number of carbonyl (C=O) groups is 3. The first-order chi connectivity index (χ1) is 8.91. The summed E-state index contributed by atoms with van der Waals surface area (Å²) in [5, 5.41) is 27.0. The van der Waals surface area contributed by atoms with E-state index in [2.05, 4.69) is 4.98 Å². The van der Waals surface area contributed by atoms with Crippen LogP contribution in [0.5, 0.6) is 0 Å². The maximum atomic E-state index is 11.1. The summed E-state index contributed by atoms with van der Waals surface area (Å²) in [4.78, 5) is 36.9. The predicted molar refractivity (Wildman–Crippen MR) is 62.6 cm³/mol. The van der Waals surface area contributed by atoms with Crippen molar-refractivity contribution < 1.29 is 29.7 Å². The van der Waals surface area contributed by atoms with Crippen LogP contribution in [0.1, 0.15) is 31.1 Å². The molecule has 0 aliphatic carbocycles. The molecule has 19 heavy (non-hydrogen) atoms. The van der Waals surface area contributed by atoms with Crippen LogP contribution in [0, 0.1) is 0 Å². The molecular weight excluding hydrogens is 254 g/mol. The van der Waals surface area contributed by atoms with Crippen molar-refractivity contribution in [2.45, 2.75) is 0 Å². The first kappa shape index (κ1) is 12.5. The zero-order valence-electron chi connectivity index (χ0n) is 9.32. The van der Waals surface area contributed by atoms with Crippen molar-refractivity contribution >= 4 is 28.8 Å². The lowest BCUT2D eigenvalue weighted by Gasteiger charge is -2.06. The van der Waals surface area contributed by atoms with Gasteiger partial charge in [0.1, 0.15) is 0 Å². The van der Waals surface area contributed by atoms with Crippen molar-refractivity contribution in [2.75, 3.05) is 0 Å². The van der Waals surface area contributed by atoms with Crippen molar-refractivity contribution in [3.8, 4) is 0 Å². The third-order valence-electron chi connectivity index (χ3n) is 2.55. The molecule has 0 aliphatic rings. The van der Waals surface area contributed by atoms with E-state index >= 15 is 0 Å². The molecule has 0 radical (unpaired) electrons. The largest absolute Gasteiger partial charge is 0.478 e. The fourth-order valence-corrected chi connectivity index (χ4v) is 1.73. The highest BCUT2D eigenvalue weighted by Crippen LogP contribution is 2.23. The molecule has 2 aromatic rings. The van der Waals surface area contributed by atoms with Crippen molar-refractivity contribution in [2.24, 2.45) is 0 Å². The molecule has 0 amide bonds. The van der Waals surface area contributed by atoms with Gasteiger partial charge in [0.25, 0.3) is 0 Å². The van der Waals surface area contributed by atoms with Gasteiger partial charge < -0.3 is 15.3 Å². The average Bonchev–Trinajstić information content (AvgIpc) is 2.36. The van der Waals surface area contributed by atoms with E-state index in [0.717, 1.165) is 12.1 Å². The second kappa shape index (κ2) is 4.37. The summed E-state index contributed by atoms with van der Waals surface area (Å²) in [6.07, 6.45) is 1.17. The van der Waals surface area contributed by atoms with Gasteiger partial charge >= 0.3 is 17.9 Å². The van der Waals surface area contributed by atoms with E-state index in [1.54, 1.807) is 0 Å². The van der Waals surface area contributed by atoms with Crippen LogP contribution >= 0.6 is 0 Å². The molecule has 1 aromatic carbocycles. The molecule has 7 nitrogen and oxygen atoms in total. The molecule has 0 fully saturated rings. The minimum atomic E-state index is -1.37. The SMILES string of the molecule is O=C(O)c1cc(C(=O)O)c2nccc(C(=O)O)c2c1. The first-order valence-corrected chi connectivity index (χ1v) is 5.04. The van der Waals surface area contributed by atoms with Crippen LogP contribution in [0.2, 0.25) is 0 Å². The minimum Gasteiger partial charge on any atom is -0.478 e. The molecule has 0 atom stereocenters. The van der Waals surface area contributed by atoms with Gasteiger partial charge in [0.2, 0.25) is 0 Å². The Kier molecular flexibility index (Phi) is 2.88. The fraction of sp³-hybridized carbons (Fsp3) is 0. The fourth-order valence-electron chi connectivity index (χ4n) is 1.73. The summed E-state index contributed by atoms with van der Waals surface area (Å²) in [6, 6.07) is 3.23. The number of carboxylic acids is 3. The van der Waals surface area contributed by atoms with Crippen LogP contribution in [-0.4, -0.2) is 38.2 Å². The van der Waals surface area contributed by atoms with E-state index in [1.807, 2.05) is 0 Å². The van der Waals surface area contributed by atoms with Gasteiger partial charge in [0, 0.05) is 11.6 Å². The van der Waals surface area contributed by atoms with Crippen molar-refractivity contribution in [3.63, 3.8) is 0 Å². The number of benzene rings is 1. The molecule has 0 aliphatic heterocycles. The summed E-state index contributed by atoms with van der Waals surface area (Å²) in [7, 11) is 0.